The fourth-order valence-corrected chi connectivity index (χ4v) is 3.42. The van der Waals surface area contributed by atoms with E-state index < -0.39 is 0 Å². The Hall–Kier alpha value is -1.79. The summed E-state index contributed by atoms with van der Waals surface area (Å²) in [5, 5.41) is 6.42. The average molecular weight is 320 g/mol. The van der Waals surface area contributed by atoms with E-state index in [1.54, 1.807) is 32.4 Å². The number of piperidine rings is 1. The summed E-state index contributed by atoms with van der Waals surface area (Å²) in [7, 11) is 3.14. The van der Waals surface area contributed by atoms with Crippen LogP contribution in [0.5, 0.6) is 11.5 Å². The number of benzene rings is 1. The van der Waals surface area contributed by atoms with Gasteiger partial charge < -0.3 is 24.8 Å². The molecule has 1 amide bonds. The Bertz CT molecular complexity index is 570. The Labute approximate surface area is 136 Å². The molecular formula is C17H24N2O4. The summed E-state index contributed by atoms with van der Waals surface area (Å²) in [5.41, 5.74) is 0.417. The van der Waals surface area contributed by atoms with Gasteiger partial charge in [-0.1, -0.05) is 0 Å². The van der Waals surface area contributed by atoms with E-state index in [1.165, 1.54) is 0 Å². The zero-order valence-electron chi connectivity index (χ0n) is 13.7. The maximum atomic E-state index is 12.6. The van der Waals surface area contributed by atoms with E-state index in [4.69, 9.17) is 14.2 Å². The number of carbonyl (C=O) groups excluding carboxylic acids is 1. The van der Waals surface area contributed by atoms with Crippen LogP contribution in [0.1, 0.15) is 29.6 Å². The quantitative estimate of drug-likeness (QED) is 0.876. The standard InChI is InChI=1S/C17H24N2O4/c1-21-13-3-4-15(22-2)14(9-13)16(20)19-12-10-17(23-11-12)5-7-18-8-6-17/h3-4,9,12,18H,5-8,10-11H2,1-2H3,(H,19,20)/t12-/m0/s1. The molecule has 1 aromatic rings. The maximum absolute atomic E-state index is 12.6. The van der Waals surface area contributed by atoms with Crippen molar-refractivity contribution in [1.82, 2.24) is 10.6 Å². The molecule has 0 saturated carbocycles. The van der Waals surface area contributed by atoms with Gasteiger partial charge in [0, 0.05) is 0 Å². The molecule has 0 bridgehead atoms. The Morgan fingerprint density at radius 1 is 1.30 bits per heavy atom. The van der Waals surface area contributed by atoms with E-state index in [1.807, 2.05) is 0 Å². The molecule has 2 fully saturated rings. The minimum atomic E-state index is -0.152. The summed E-state index contributed by atoms with van der Waals surface area (Å²) in [6.45, 7) is 2.52. The van der Waals surface area contributed by atoms with Gasteiger partial charge >= 0.3 is 0 Å². The summed E-state index contributed by atoms with van der Waals surface area (Å²) < 4.78 is 16.5. The molecule has 6 heteroatoms. The summed E-state index contributed by atoms with van der Waals surface area (Å²) in [6.07, 6.45) is 2.87. The van der Waals surface area contributed by atoms with Gasteiger partial charge in [-0.15, -0.1) is 0 Å². The van der Waals surface area contributed by atoms with Gasteiger partial charge in [-0.3, -0.25) is 4.79 Å². The van der Waals surface area contributed by atoms with Crippen molar-refractivity contribution < 1.29 is 19.0 Å². The van der Waals surface area contributed by atoms with Gasteiger partial charge in [-0.2, -0.15) is 0 Å². The number of amides is 1. The Balaban J connectivity index is 1.68. The molecule has 1 atom stereocenters. The SMILES string of the molecule is COc1ccc(OC)c(C(=O)N[C@@H]2COC3(CCNCC3)C2)c1. The molecule has 2 aliphatic heterocycles. The number of hydrogen-bond acceptors (Lipinski definition) is 5. The van der Waals surface area contributed by atoms with Gasteiger partial charge in [0.2, 0.25) is 0 Å². The number of ether oxygens (including phenoxy) is 3. The molecule has 1 spiro atoms. The van der Waals surface area contributed by atoms with E-state index in [0.717, 1.165) is 32.4 Å². The number of methoxy groups -OCH3 is 2. The molecule has 3 rings (SSSR count). The highest BCUT2D eigenvalue weighted by Gasteiger charge is 2.41. The second-order valence-corrected chi connectivity index (χ2v) is 6.18. The first-order valence-electron chi connectivity index (χ1n) is 8.03. The van der Waals surface area contributed by atoms with Crippen molar-refractivity contribution in [3.63, 3.8) is 0 Å². The molecular weight excluding hydrogens is 296 g/mol. The number of hydrogen-bond donors (Lipinski definition) is 2. The lowest BCUT2D eigenvalue weighted by Gasteiger charge is -2.32. The highest BCUT2D eigenvalue weighted by Crippen LogP contribution is 2.34. The van der Waals surface area contributed by atoms with Crippen LogP contribution in [0.15, 0.2) is 18.2 Å². The largest absolute Gasteiger partial charge is 0.497 e. The van der Waals surface area contributed by atoms with Crippen LogP contribution in [-0.4, -0.2) is 51.5 Å². The lowest BCUT2D eigenvalue weighted by molar-refractivity contribution is -0.0194. The van der Waals surface area contributed by atoms with Crippen molar-refractivity contribution in [3.8, 4) is 11.5 Å². The van der Waals surface area contributed by atoms with Gasteiger partial charge in [0.05, 0.1) is 38.0 Å². The third-order valence-corrected chi connectivity index (χ3v) is 4.71. The zero-order chi connectivity index (χ0) is 16.3. The fourth-order valence-electron chi connectivity index (χ4n) is 3.42. The van der Waals surface area contributed by atoms with Crippen molar-refractivity contribution in [3.05, 3.63) is 23.8 Å². The molecule has 126 valence electrons. The molecule has 6 nitrogen and oxygen atoms in total. The van der Waals surface area contributed by atoms with Gasteiger partial charge in [0.15, 0.2) is 0 Å². The molecule has 0 aliphatic carbocycles. The summed E-state index contributed by atoms with van der Waals surface area (Å²) >= 11 is 0. The first-order valence-corrected chi connectivity index (χ1v) is 8.03. The fraction of sp³-hybridized carbons (Fsp3) is 0.588. The van der Waals surface area contributed by atoms with E-state index in [0.29, 0.717) is 23.7 Å². The third-order valence-electron chi connectivity index (χ3n) is 4.71. The van der Waals surface area contributed by atoms with Crippen molar-refractivity contribution in [2.75, 3.05) is 33.9 Å². The van der Waals surface area contributed by atoms with Crippen molar-refractivity contribution in [2.24, 2.45) is 0 Å². The molecule has 23 heavy (non-hydrogen) atoms. The smallest absolute Gasteiger partial charge is 0.255 e. The number of carbonyl (C=O) groups is 1. The van der Waals surface area contributed by atoms with Crippen LogP contribution in [0.4, 0.5) is 0 Å². The normalized spacial score (nSPS) is 22.8. The van der Waals surface area contributed by atoms with Gasteiger partial charge in [0.25, 0.3) is 5.91 Å². The molecule has 0 aromatic heterocycles. The van der Waals surface area contributed by atoms with E-state index in [2.05, 4.69) is 10.6 Å². The zero-order valence-corrected chi connectivity index (χ0v) is 13.7. The predicted octanol–water partition coefficient (Wildman–Crippen LogP) is 1.34. The molecule has 2 aliphatic rings. The van der Waals surface area contributed by atoms with Gasteiger partial charge in [0.1, 0.15) is 11.5 Å². The molecule has 2 N–H and O–H groups in total. The van der Waals surface area contributed by atoms with Crippen molar-refractivity contribution >= 4 is 5.91 Å². The van der Waals surface area contributed by atoms with Crippen LogP contribution in [0.3, 0.4) is 0 Å². The summed E-state index contributed by atoms with van der Waals surface area (Å²) in [5.74, 6) is 1.02. The maximum Gasteiger partial charge on any atom is 0.255 e. The van der Waals surface area contributed by atoms with Crippen molar-refractivity contribution in [1.29, 1.82) is 0 Å². The van der Waals surface area contributed by atoms with Crippen LogP contribution in [0, 0.1) is 0 Å². The Morgan fingerprint density at radius 2 is 2.09 bits per heavy atom. The van der Waals surface area contributed by atoms with Gasteiger partial charge in [-0.25, -0.2) is 0 Å². The lowest BCUT2D eigenvalue weighted by atomic mass is 9.88. The third kappa shape index (κ3) is 3.43. The topological polar surface area (TPSA) is 68.8 Å². The first kappa shape index (κ1) is 16.1. The minimum absolute atomic E-state index is 0.0384. The first-order chi connectivity index (χ1) is 11.2. The molecule has 0 radical (unpaired) electrons. The molecule has 2 heterocycles. The number of nitrogens with one attached hydrogen (secondary N) is 2. The average Bonchev–Trinajstić information content (AvgIpc) is 2.96. The highest BCUT2D eigenvalue weighted by molar-refractivity contribution is 5.97. The van der Waals surface area contributed by atoms with Crippen LogP contribution >= 0.6 is 0 Å². The summed E-state index contributed by atoms with van der Waals surface area (Å²) in [6, 6.07) is 5.26. The van der Waals surface area contributed by atoms with E-state index in [9.17, 15) is 4.79 Å². The predicted molar refractivity (Wildman–Crippen MR) is 86.2 cm³/mol. The van der Waals surface area contributed by atoms with Gasteiger partial charge in [-0.05, 0) is 50.6 Å². The number of rotatable bonds is 4. The summed E-state index contributed by atoms with van der Waals surface area (Å²) in [4.78, 5) is 12.6. The Kier molecular flexibility index (Phi) is 4.73. The van der Waals surface area contributed by atoms with Crippen LogP contribution < -0.4 is 20.1 Å². The van der Waals surface area contributed by atoms with E-state index >= 15 is 0 Å². The van der Waals surface area contributed by atoms with E-state index in [-0.39, 0.29) is 17.6 Å². The van der Waals surface area contributed by atoms with Crippen LogP contribution in [0.2, 0.25) is 0 Å². The molecule has 1 aromatic carbocycles. The Morgan fingerprint density at radius 3 is 2.78 bits per heavy atom. The molecule has 2 saturated heterocycles. The minimum Gasteiger partial charge on any atom is -0.497 e. The second-order valence-electron chi connectivity index (χ2n) is 6.18. The highest BCUT2D eigenvalue weighted by atomic mass is 16.5. The molecule has 0 unspecified atom stereocenters. The lowest BCUT2D eigenvalue weighted by Crippen LogP contribution is -2.43. The second kappa shape index (κ2) is 6.76. The van der Waals surface area contributed by atoms with Crippen LogP contribution in [0.25, 0.3) is 0 Å². The monoisotopic (exact) mass is 320 g/mol. The van der Waals surface area contributed by atoms with Crippen molar-refractivity contribution in [2.45, 2.75) is 30.9 Å². The van der Waals surface area contributed by atoms with Crippen LogP contribution in [-0.2, 0) is 4.74 Å².